The van der Waals surface area contributed by atoms with Gasteiger partial charge in [0.1, 0.15) is 11.4 Å². The largest absolute Gasteiger partial charge is 0.496 e. The number of piperazine rings is 1. The maximum Gasteiger partial charge on any atom is 0.270 e. The zero-order chi connectivity index (χ0) is 33.2. The van der Waals surface area contributed by atoms with Gasteiger partial charge >= 0.3 is 0 Å². The quantitative estimate of drug-likeness (QED) is 0.201. The number of hydrogen-bond donors (Lipinski definition) is 0. The number of benzene rings is 4. The van der Waals surface area contributed by atoms with Gasteiger partial charge in [-0.3, -0.25) is 14.5 Å². The normalized spacial score (nSPS) is 14.9. The van der Waals surface area contributed by atoms with Gasteiger partial charge in [-0.2, -0.15) is 0 Å². The molecule has 0 atom stereocenters. The molecular formula is C40H43N5O3. The highest BCUT2D eigenvalue weighted by Crippen LogP contribution is 2.37. The summed E-state index contributed by atoms with van der Waals surface area (Å²) in [4.78, 5) is 36.7. The third-order valence-electron chi connectivity index (χ3n) is 9.73. The van der Waals surface area contributed by atoms with E-state index < -0.39 is 0 Å². The van der Waals surface area contributed by atoms with Gasteiger partial charge in [0, 0.05) is 48.7 Å². The third kappa shape index (κ3) is 6.21. The summed E-state index contributed by atoms with van der Waals surface area (Å²) in [6, 6.07) is 32.2. The van der Waals surface area contributed by atoms with Crippen LogP contribution in [-0.4, -0.2) is 91.6 Å². The van der Waals surface area contributed by atoms with E-state index in [4.69, 9.17) is 4.74 Å². The summed E-state index contributed by atoms with van der Waals surface area (Å²) in [5.41, 5.74) is 6.01. The van der Waals surface area contributed by atoms with E-state index in [1.54, 1.807) is 7.11 Å². The average molecular weight is 642 g/mol. The molecule has 8 nitrogen and oxygen atoms in total. The van der Waals surface area contributed by atoms with Crippen LogP contribution in [0.1, 0.15) is 38.5 Å². The molecule has 246 valence electrons. The molecule has 5 aromatic rings. The number of rotatable bonds is 8. The molecule has 0 radical (unpaired) electrons. The Labute approximate surface area is 282 Å². The van der Waals surface area contributed by atoms with Gasteiger partial charge in [-0.05, 0) is 91.9 Å². The molecule has 2 aliphatic heterocycles. The third-order valence-corrected chi connectivity index (χ3v) is 9.73. The fourth-order valence-electron chi connectivity index (χ4n) is 7.14. The summed E-state index contributed by atoms with van der Waals surface area (Å²) >= 11 is 0. The first-order chi connectivity index (χ1) is 23.4. The molecule has 4 aromatic carbocycles. The summed E-state index contributed by atoms with van der Waals surface area (Å²) in [6.45, 7) is 6.23. The van der Waals surface area contributed by atoms with Crippen molar-refractivity contribution >= 4 is 28.3 Å². The molecular weight excluding hydrogens is 598 g/mol. The molecule has 0 spiro atoms. The minimum absolute atomic E-state index is 0.0558. The lowest BCUT2D eigenvalue weighted by Gasteiger charge is -2.35. The van der Waals surface area contributed by atoms with Crippen molar-refractivity contribution in [1.82, 2.24) is 19.3 Å². The second-order valence-electron chi connectivity index (χ2n) is 13.0. The Morgan fingerprint density at radius 1 is 0.771 bits per heavy atom. The fourth-order valence-corrected chi connectivity index (χ4v) is 7.14. The van der Waals surface area contributed by atoms with Crippen molar-refractivity contribution in [2.75, 3.05) is 65.4 Å². The van der Waals surface area contributed by atoms with Crippen LogP contribution in [0.3, 0.4) is 0 Å². The molecule has 0 aliphatic carbocycles. The Morgan fingerprint density at radius 2 is 1.54 bits per heavy atom. The molecule has 3 heterocycles. The highest BCUT2D eigenvalue weighted by molar-refractivity contribution is 6.08. The monoisotopic (exact) mass is 641 g/mol. The number of nitrogens with zero attached hydrogens (tertiary/aromatic N) is 5. The lowest BCUT2D eigenvalue weighted by Crippen LogP contribution is -2.49. The first-order valence-corrected chi connectivity index (χ1v) is 16.8. The van der Waals surface area contributed by atoms with Crippen molar-refractivity contribution in [3.05, 3.63) is 120 Å². The molecule has 7 rings (SSSR count). The maximum absolute atomic E-state index is 14.4. The Balaban J connectivity index is 1.14. The van der Waals surface area contributed by atoms with Gasteiger partial charge in [0.25, 0.3) is 11.8 Å². The van der Waals surface area contributed by atoms with Crippen LogP contribution in [0.15, 0.2) is 97.1 Å². The van der Waals surface area contributed by atoms with E-state index >= 15 is 0 Å². The molecule has 48 heavy (non-hydrogen) atoms. The number of ether oxygens (including phenoxy) is 1. The van der Waals surface area contributed by atoms with Crippen LogP contribution in [0.2, 0.25) is 0 Å². The van der Waals surface area contributed by atoms with Crippen molar-refractivity contribution in [2.24, 2.45) is 0 Å². The standard InChI is InChI=1S/C40H43N5O3/c1-41(2)20-9-21-42-22-24-43(25-23-42)40(47)37-19-17-32-28-45(36-15-7-5-11-31(36)27-44(32)37)39(46)30-16-18-35(38(26-30)48-3)34-14-8-12-29-10-4-6-13-33(29)34/h4-8,10-19,26H,9,20-25,27-28H2,1-3H3. The van der Waals surface area contributed by atoms with Crippen molar-refractivity contribution in [3.63, 3.8) is 0 Å². The molecule has 1 saturated heterocycles. The minimum atomic E-state index is -0.113. The molecule has 1 aromatic heterocycles. The van der Waals surface area contributed by atoms with Crippen LogP contribution in [0.4, 0.5) is 5.69 Å². The van der Waals surface area contributed by atoms with Gasteiger partial charge in [0.05, 0.1) is 20.2 Å². The van der Waals surface area contributed by atoms with Crippen molar-refractivity contribution in [2.45, 2.75) is 19.5 Å². The summed E-state index contributed by atoms with van der Waals surface area (Å²) in [5.74, 6) is 0.590. The fraction of sp³-hybridized carbons (Fsp3) is 0.300. The summed E-state index contributed by atoms with van der Waals surface area (Å²) in [6.07, 6.45) is 1.13. The van der Waals surface area contributed by atoms with Gasteiger partial charge in [-0.1, -0.05) is 60.7 Å². The molecule has 2 aliphatic rings. The van der Waals surface area contributed by atoms with E-state index in [1.807, 2.05) is 76.5 Å². The second kappa shape index (κ2) is 13.7. The van der Waals surface area contributed by atoms with Gasteiger partial charge in [-0.25, -0.2) is 0 Å². The SMILES string of the molecule is COc1cc(C(=O)N2Cc3ccc(C(=O)N4CCN(CCCN(C)C)CC4)n3Cc3ccccc32)ccc1-c1cccc2ccccc12. The lowest BCUT2D eigenvalue weighted by molar-refractivity contribution is 0.0623. The summed E-state index contributed by atoms with van der Waals surface area (Å²) in [5, 5.41) is 2.28. The van der Waals surface area contributed by atoms with Crippen LogP contribution >= 0.6 is 0 Å². The van der Waals surface area contributed by atoms with Crippen molar-refractivity contribution in [1.29, 1.82) is 0 Å². The second-order valence-corrected chi connectivity index (χ2v) is 13.0. The number of anilines is 1. The number of amides is 2. The smallest absolute Gasteiger partial charge is 0.270 e. The number of methoxy groups -OCH3 is 1. The van der Waals surface area contributed by atoms with Gasteiger partial charge in [0.15, 0.2) is 0 Å². The predicted octanol–water partition coefficient (Wildman–Crippen LogP) is 6.24. The number of carbonyl (C=O) groups is 2. The molecule has 0 bridgehead atoms. The first-order valence-electron chi connectivity index (χ1n) is 16.8. The van der Waals surface area contributed by atoms with Crippen LogP contribution in [-0.2, 0) is 13.1 Å². The van der Waals surface area contributed by atoms with Crippen molar-refractivity contribution in [3.8, 4) is 16.9 Å². The summed E-state index contributed by atoms with van der Waals surface area (Å²) < 4.78 is 7.98. The molecule has 2 amide bonds. The molecule has 0 saturated carbocycles. The van der Waals surface area contributed by atoms with E-state index in [0.29, 0.717) is 30.1 Å². The molecule has 8 heteroatoms. The topological polar surface area (TPSA) is 61.3 Å². The minimum Gasteiger partial charge on any atom is -0.496 e. The predicted molar refractivity (Wildman–Crippen MR) is 192 cm³/mol. The zero-order valence-corrected chi connectivity index (χ0v) is 28.1. The Hall–Kier alpha value is -4.92. The molecule has 0 unspecified atom stereocenters. The highest BCUT2D eigenvalue weighted by Gasteiger charge is 2.30. The number of carbonyl (C=O) groups excluding carboxylic acids is 2. The van der Waals surface area contributed by atoms with Crippen molar-refractivity contribution < 1.29 is 14.3 Å². The molecule has 1 fully saturated rings. The van der Waals surface area contributed by atoms with Gasteiger partial charge in [-0.15, -0.1) is 0 Å². The first kappa shape index (κ1) is 31.7. The van der Waals surface area contributed by atoms with Gasteiger partial charge < -0.3 is 24.0 Å². The Bertz CT molecular complexity index is 1950. The highest BCUT2D eigenvalue weighted by atomic mass is 16.5. The van der Waals surface area contributed by atoms with E-state index in [2.05, 4.69) is 58.8 Å². The molecule has 0 N–H and O–H groups in total. The van der Waals surface area contributed by atoms with Gasteiger partial charge in [0.2, 0.25) is 0 Å². The van der Waals surface area contributed by atoms with E-state index in [1.165, 1.54) is 0 Å². The Kier molecular flexibility index (Phi) is 9.02. The zero-order valence-electron chi connectivity index (χ0n) is 28.1. The maximum atomic E-state index is 14.4. The lowest BCUT2D eigenvalue weighted by atomic mass is 9.96. The van der Waals surface area contributed by atoms with Crippen LogP contribution in [0.5, 0.6) is 5.75 Å². The van der Waals surface area contributed by atoms with E-state index in [-0.39, 0.29) is 11.8 Å². The number of aromatic nitrogens is 1. The van der Waals surface area contributed by atoms with Crippen LogP contribution in [0, 0.1) is 0 Å². The van der Waals surface area contributed by atoms with Crippen LogP contribution in [0.25, 0.3) is 21.9 Å². The van der Waals surface area contributed by atoms with E-state index in [9.17, 15) is 9.59 Å². The number of hydrogen-bond acceptors (Lipinski definition) is 5. The summed E-state index contributed by atoms with van der Waals surface area (Å²) in [7, 11) is 5.86. The van der Waals surface area contributed by atoms with E-state index in [0.717, 1.165) is 84.5 Å². The Morgan fingerprint density at radius 3 is 2.35 bits per heavy atom. The van der Waals surface area contributed by atoms with Crippen LogP contribution < -0.4 is 9.64 Å². The average Bonchev–Trinajstić information content (AvgIpc) is 3.43. The number of para-hydroxylation sites is 1. The number of fused-ring (bicyclic) bond motifs is 3.